The van der Waals surface area contributed by atoms with E-state index in [1.807, 2.05) is 53.4 Å². The molecular formula is C21H22N2O2. The molecule has 4 rings (SSSR count). The number of amides is 2. The van der Waals surface area contributed by atoms with Crippen LogP contribution in [0.1, 0.15) is 36.4 Å². The Balaban J connectivity index is 1.65. The van der Waals surface area contributed by atoms with Gasteiger partial charge in [-0.05, 0) is 42.9 Å². The molecule has 1 aliphatic carbocycles. The van der Waals surface area contributed by atoms with Crippen molar-refractivity contribution in [3.05, 3.63) is 65.7 Å². The molecule has 2 amide bonds. The summed E-state index contributed by atoms with van der Waals surface area (Å²) < 4.78 is 0. The first-order chi connectivity index (χ1) is 12.2. The third-order valence-corrected chi connectivity index (χ3v) is 4.99. The molecule has 1 aliphatic heterocycles. The minimum absolute atomic E-state index is 0.00695. The molecule has 1 fully saturated rings. The fourth-order valence-corrected chi connectivity index (χ4v) is 3.46. The van der Waals surface area contributed by atoms with Crippen LogP contribution in [0.3, 0.4) is 0 Å². The number of nitrogens with zero attached hydrogens (tertiary/aromatic N) is 1. The summed E-state index contributed by atoms with van der Waals surface area (Å²) >= 11 is 0. The topological polar surface area (TPSA) is 49.4 Å². The molecule has 0 unspecified atom stereocenters. The summed E-state index contributed by atoms with van der Waals surface area (Å²) in [6.45, 7) is 0.693. The van der Waals surface area contributed by atoms with Crippen LogP contribution < -0.4 is 10.2 Å². The highest BCUT2D eigenvalue weighted by Gasteiger charge is 2.35. The van der Waals surface area contributed by atoms with Gasteiger partial charge in [-0.25, -0.2) is 0 Å². The number of carbonyl (C=O) groups is 2. The third kappa shape index (κ3) is 3.29. The number of carbonyl (C=O) groups excluding carboxylic acids is 2. The van der Waals surface area contributed by atoms with Gasteiger partial charge >= 0.3 is 0 Å². The lowest BCUT2D eigenvalue weighted by molar-refractivity contribution is -0.128. The van der Waals surface area contributed by atoms with Gasteiger partial charge in [-0.1, -0.05) is 48.5 Å². The van der Waals surface area contributed by atoms with Crippen LogP contribution in [0, 0.1) is 5.92 Å². The molecular weight excluding hydrogens is 312 g/mol. The molecule has 0 spiro atoms. The first kappa shape index (κ1) is 15.9. The van der Waals surface area contributed by atoms with E-state index in [9.17, 15) is 9.59 Å². The highest BCUT2D eigenvalue weighted by Crippen LogP contribution is 2.32. The number of fused-ring (bicyclic) bond motifs is 1. The number of rotatable bonds is 4. The van der Waals surface area contributed by atoms with Crippen molar-refractivity contribution in [2.75, 3.05) is 11.4 Å². The molecule has 1 saturated carbocycles. The highest BCUT2D eigenvalue weighted by molar-refractivity contribution is 6.01. The maximum atomic E-state index is 13.4. The van der Waals surface area contributed by atoms with E-state index < -0.39 is 6.04 Å². The average Bonchev–Trinajstić information content (AvgIpc) is 3.51. The van der Waals surface area contributed by atoms with Crippen LogP contribution in [-0.4, -0.2) is 18.4 Å². The normalized spacial score (nSPS) is 17.5. The van der Waals surface area contributed by atoms with Crippen LogP contribution in [0.2, 0.25) is 0 Å². The summed E-state index contributed by atoms with van der Waals surface area (Å²) in [6.07, 6.45) is 3.79. The molecule has 1 heterocycles. The zero-order valence-corrected chi connectivity index (χ0v) is 14.2. The molecule has 1 N–H and O–H groups in total. The Kier molecular flexibility index (Phi) is 4.26. The largest absolute Gasteiger partial charge is 0.340 e. The molecule has 25 heavy (non-hydrogen) atoms. The molecule has 1 atom stereocenters. The van der Waals surface area contributed by atoms with Gasteiger partial charge in [0.2, 0.25) is 5.91 Å². The third-order valence-electron chi connectivity index (χ3n) is 4.99. The van der Waals surface area contributed by atoms with Gasteiger partial charge in [0.15, 0.2) is 0 Å². The zero-order valence-electron chi connectivity index (χ0n) is 14.2. The van der Waals surface area contributed by atoms with E-state index in [0.717, 1.165) is 36.9 Å². The first-order valence-corrected chi connectivity index (χ1v) is 8.98. The maximum Gasteiger partial charge on any atom is 0.254 e. The summed E-state index contributed by atoms with van der Waals surface area (Å²) in [5, 5.41) is 2.99. The Bertz CT molecular complexity index is 783. The van der Waals surface area contributed by atoms with E-state index in [1.54, 1.807) is 0 Å². The van der Waals surface area contributed by atoms with E-state index in [0.29, 0.717) is 6.54 Å². The molecule has 2 aliphatic rings. The van der Waals surface area contributed by atoms with Gasteiger partial charge in [0.1, 0.15) is 6.04 Å². The minimum atomic E-state index is -0.625. The van der Waals surface area contributed by atoms with E-state index in [1.165, 1.54) is 5.56 Å². The summed E-state index contributed by atoms with van der Waals surface area (Å²) in [6, 6.07) is 17.0. The number of hydrogen-bond acceptors (Lipinski definition) is 2. The van der Waals surface area contributed by atoms with Crippen molar-refractivity contribution in [3.8, 4) is 0 Å². The molecule has 4 heteroatoms. The maximum absolute atomic E-state index is 13.4. The molecule has 2 aromatic rings. The summed E-state index contributed by atoms with van der Waals surface area (Å²) in [5.74, 6) is 0.0208. The molecule has 2 aromatic carbocycles. The quantitative estimate of drug-likeness (QED) is 0.933. The number of aryl methyl sites for hydroxylation is 1. The van der Waals surface area contributed by atoms with Gasteiger partial charge < -0.3 is 10.2 Å². The second-order valence-corrected chi connectivity index (χ2v) is 6.85. The van der Waals surface area contributed by atoms with Crippen LogP contribution in [0.25, 0.3) is 0 Å². The second kappa shape index (κ2) is 6.71. The van der Waals surface area contributed by atoms with Gasteiger partial charge in [-0.2, -0.15) is 0 Å². The second-order valence-electron chi connectivity index (χ2n) is 6.85. The van der Waals surface area contributed by atoms with E-state index >= 15 is 0 Å². The van der Waals surface area contributed by atoms with Gasteiger partial charge in [0.25, 0.3) is 5.91 Å². The first-order valence-electron chi connectivity index (χ1n) is 8.98. The Morgan fingerprint density at radius 2 is 1.72 bits per heavy atom. The summed E-state index contributed by atoms with van der Waals surface area (Å²) in [7, 11) is 0. The number of benzene rings is 2. The highest BCUT2D eigenvalue weighted by atomic mass is 16.2. The van der Waals surface area contributed by atoms with Gasteiger partial charge in [-0.15, -0.1) is 0 Å². The fraction of sp³-hybridized carbons (Fsp3) is 0.333. The van der Waals surface area contributed by atoms with Crippen molar-refractivity contribution in [2.45, 2.75) is 31.7 Å². The van der Waals surface area contributed by atoms with Crippen molar-refractivity contribution in [1.82, 2.24) is 5.32 Å². The van der Waals surface area contributed by atoms with Crippen molar-refractivity contribution in [1.29, 1.82) is 0 Å². The van der Waals surface area contributed by atoms with Crippen LogP contribution in [0.15, 0.2) is 54.6 Å². The average molecular weight is 334 g/mol. The van der Waals surface area contributed by atoms with Crippen molar-refractivity contribution < 1.29 is 9.59 Å². The van der Waals surface area contributed by atoms with Gasteiger partial charge in [0, 0.05) is 18.2 Å². The molecule has 0 saturated heterocycles. The Morgan fingerprint density at radius 1 is 1.00 bits per heavy atom. The summed E-state index contributed by atoms with van der Waals surface area (Å²) in [4.78, 5) is 27.5. The van der Waals surface area contributed by atoms with Crippen molar-refractivity contribution in [3.63, 3.8) is 0 Å². The van der Waals surface area contributed by atoms with Crippen molar-refractivity contribution >= 4 is 17.5 Å². The minimum Gasteiger partial charge on any atom is -0.340 e. The number of anilines is 1. The fourth-order valence-electron chi connectivity index (χ4n) is 3.46. The number of para-hydroxylation sites is 1. The lowest BCUT2D eigenvalue weighted by Gasteiger charge is -2.32. The predicted molar refractivity (Wildman–Crippen MR) is 97.2 cm³/mol. The molecule has 4 nitrogen and oxygen atoms in total. The molecule has 0 bridgehead atoms. The zero-order chi connectivity index (χ0) is 17.2. The van der Waals surface area contributed by atoms with E-state index in [4.69, 9.17) is 0 Å². The Morgan fingerprint density at radius 3 is 2.48 bits per heavy atom. The van der Waals surface area contributed by atoms with Crippen LogP contribution in [0.5, 0.6) is 0 Å². The molecule has 128 valence electrons. The van der Waals surface area contributed by atoms with Crippen LogP contribution >= 0.6 is 0 Å². The SMILES string of the molecule is O=C(N[C@@H](C(=O)N1CCCc2ccccc21)c1ccccc1)C1CC1. The van der Waals surface area contributed by atoms with E-state index in [2.05, 4.69) is 11.4 Å². The number of hydrogen-bond donors (Lipinski definition) is 1. The summed E-state index contributed by atoms with van der Waals surface area (Å²) in [5.41, 5.74) is 3.01. The van der Waals surface area contributed by atoms with Crippen molar-refractivity contribution in [2.24, 2.45) is 5.92 Å². The smallest absolute Gasteiger partial charge is 0.254 e. The Hall–Kier alpha value is -2.62. The van der Waals surface area contributed by atoms with E-state index in [-0.39, 0.29) is 17.7 Å². The number of nitrogens with one attached hydrogen (secondary N) is 1. The lowest BCUT2D eigenvalue weighted by Crippen LogP contribution is -2.45. The molecule has 0 aromatic heterocycles. The van der Waals surface area contributed by atoms with Gasteiger partial charge in [0.05, 0.1) is 0 Å². The standard InChI is InChI=1S/C21H22N2O2/c24-20(17-12-13-17)22-19(16-8-2-1-3-9-16)21(25)23-14-6-10-15-7-4-5-11-18(15)23/h1-5,7-9,11,17,19H,6,10,12-14H2,(H,22,24)/t19-/m1/s1. The van der Waals surface area contributed by atoms with Crippen LogP contribution in [0.4, 0.5) is 5.69 Å². The Labute approximate surface area is 147 Å². The van der Waals surface area contributed by atoms with Gasteiger partial charge in [-0.3, -0.25) is 9.59 Å². The van der Waals surface area contributed by atoms with Crippen LogP contribution in [-0.2, 0) is 16.0 Å². The lowest BCUT2D eigenvalue weighted by atomic mass is 9.99. The predicted octanol–water partition coefficient (Wildman–Crippen LogP) is 3.23. The molecule has 0 radical (unpaired) electrons. The monoisotopic (exact) mass is 334 g/mol.